The number of hydrogen-bond acceptors (Lipinski definition) is 1. The summed E-state index contributed by atoms with van der Waals surface area (Å²) >= 11 is 0. The van der Waals surface area contributed by atoms with Crippen molar-refractivity contribution in [2.45, 2.75) is 106 Å². The van der Waals surface area contributed by atoms with Crippen molar-refractivity contribution in [1.29, 1.82) is 0 Å². The maximum absolute atomic E-state index is 2.72. The van der Waals surface area contributed by atoms with Crippen LogP contribution in [0.3, 0.4) is 0 Å². The van der Waals surface area contributed by atoms with Crippen molar-refractivity contribution < 1.29 is 0 Å². The Balaban J connectivity index is 0.000000707. The van der Waals surface area contributed by atoms with Crippen LogP contribution >= 0.6 is 0 Å². The van der Waals surface area contributed by atoms with E-state index in [1.165, 1.54) is 12.0 Å². The monoisotopic (exact) mass is 397 g/mol. The van der Waals surface area contributed by atoms with Crippen LogP contribution in [0, 0.1) is 23.7 Å². The third kappa shape index (κ3) is 2.83. The number of piperidine rings is 1. The highest BCUT2D eigenvalue weighted by molar-refractivity contribution is 5.54. The fourth-order valence-corrected chi connectivity index (χ4v) is 8.02. The van der Waals surface area contributed by atoms with Crippen molar-refractivity contribution in [3.63, 3.8) is 0 Å². The zero-order chi connectivity index (χ0) is 22.4. The van der Waals surface area contributed by atoms with Crippen LogP contribution < -0.4 is 0 Å². The van der Waals surface area contributed by atoms with E-state index in [1.807, 2.05) is 27.7 Å². The summed E-state index contributed by atoms with van der Waals surface area (Å²) in [5.41, 5.74) is 5.41. The number of allylic oxidation sites excluding steroid dienone is 2. The largest absolute Gasteiger partial charge is 0.299 e. The normalized spacial score (nSPS) is 39.2. The van der Waals surface area contributed by atoms with Gasteiger partial charge in [0.25, 0.3) is 0 Å². The van der Waals surface area contributed by atoms with Crippen molar-refractivity contribution in [3.8, 4) is 0 Å². The zero-order valence-electron chi connectivity index (χ0n) is 21.4. The van der Waals surface area contributed by atoms with Gasteiger partial charge in [0.2, 0.25) is 0 Å². The molecule has 164 valence electrons. The molecule has 1 aliphatic heterocycles. The van der Waals surface area contributed by atoms with Gasteiger partial charge in [-0.2, -0.15) is 0 Å². The van der Waals surface area contributed by atoms with E-state index in [9.17, 15) is 0 Å². The molecule has 0 radical (unpaired) electrons. The van der Waals surface area contributed by atoms with Crippen molar-refractivity contribution in [3.05, 3.63) is 47.0 Å². The van der Waals surface area contributed by atoms with Crippen LogP contribution in [0.1, 0.15) is 98.3 Å². The van der Waals surface area contributed by atoms with Crippen molar-refractivity contribution in [1.82, 2.24) is 4.90 Å². The summed E-state index contributed by atoms with van der Waals surface area (Å²) in [7, 11) is 2.38. The number of benzene rings is 1. The first-order valence-corrected chi connectivity index (χ1v) is 12.1. The number of fused-ring (bicyclic) bond motifs is 1. The summed E-state index contributed by atoms with van der Waals surface area (Å²) in [6.07, 6.45) is 6.21. The van der Waals surface area contributed by atoms with Crippen LogP contribution in [-0.4, -0.2) is 24.0 Å². The quantitative estimate of drug-likeness (QED) is 0.405. The lowest BCUT2D eigenvalue weighted by molar-refractivity contribution is -0.158. The molecule has 1 heteroatoms. The maximum atomic E-state index is 2.72. The predicted octanol–water partition coefficient (Wildman–Crippen LogP) is 7.73. The Hall–Kier alpha value is -1.08. The van der Waals surface area contributed by atoms with E-state index < -0.39 is 0 Å². The number of aryl methyl sites for hydroxylation is 1. The van der Waals surface area contributed by atoms with Gasteiger partial charge in [0.05, 0.1) is 0 Å². The topological polar surface area (TPSA) is 3.24 Å². The van der Waals surface area contributed by atoms with Gasteiger partial charge in [-0.1, -0.05) is 92.7 Å². The Morgan fingerprint density at radius 2 is 1.55 bits per heavy atom. The Labute approximate surface area is 182 Å². The molecule has 1 saturated heterocycles. The van der Waals surface area contributed by atoms with Gasteiger partial charge in [-0.25, -0.2) is 0 Å². The smallest absolute Gasteiger partial charge is 0.0227 e. The number of hydrogen-bond donors (Lipinski definition) is 0. The van der Waals surface area contributed by atoms with E-state index in [2.05, 4.69) is 90.8 Å². The van der Waals surface area contributed by atoms with Gasteiger partial charge in [-0.3, -0.25) is 4.90 Å². The van der Waals surface area contributed by atoms with Crippen LogP contribution in [0.15, 0.2) is 30.4 Å². The first-order chi connectivity index (χ1) is 13.6. The second kappa shape index (κ2) is 8.22. The van der Waals surface area contributed by atoms with Crippen LogP contribution in [0.2, 0.25) is 0 Å². The molecule has 1 fully saturated rings. The molecule has 0 amide bonds. The second-order valence-corrected chi connectivity index (χ2v) is 10.0. The molecule has 1 heterocycles. The molecule has 4 rings (SSSR count). The molecule has 0 aromatic heterocycles. The molecule has 2 aliphatic carbocycles. The summed E-state index contributed by atoms with van der Waals surface area (Å²) in [4.78, 5) is 2.72. The molecule has 0 N–H and O–H groups in total. The van der Waals surface area contributed by atoms with Crippen LogP contribution in [0.25, 0.3) is 0 Å². The SMILES string of the molecule is CC.CC.Cc1cccc2c1[C@]13C(C)C(C)N(C)[C@H](C2C)C1(C)CC=CC3(C)C. The molecular weight excluding hydrogens is 350 g/mol. The van der Waals surface area contributed by atoms with Crippen molar-refractivity contribution in [2.75, 3.05) is 7.05 Å². The highest BCUT2D eigenvalue weighted by Gasteiger charge is 2.71. The lowest BCUT2D eigenvalue weighted by atomic mass is 9.34. The fourth-order valence-electron chi connectivity index (χ4n) is 8.02. The fraction of sp³-hybridized carbons (Fsp3) is 0.714. The van der Waals surface area contributed by atoms with Crippen molar-refractivity contribution >= 4 is 0 Å². The number of rotatable bonds is 0. The van der Waals surface area contributed by atoms with E-state index in [4.69, 9.17) is 0 Å². The van der Waals surface area contributed by atoms with Gasteiger partial charge >= 0.3 is 0 Å². The molecule has 4 unspecified atom stereocenters. The molecule has 3 aliphatic rings. The second-order valence-electron chi connectivity index (χ2n) is 10.0. The summed E-state index contributed by atoms with van der Waals surface area (Å²) in [6.45, 7) is 25.4. The summed E-state index contributed by atoms with van der Waals surface area (Å²) < 4.78 is 0. The Morgan fingerprint density at radius 1 is 0.966 bits per heavy atom. The third-order valence-corrected chi connectivity index (χ3v) is 8.80. The molecule has 2 bridgehead atoms. The molecule has 1 aromatic rings. The standard InChI is InChI=1S/C24H35N.2C2H6/c1-15-11-9-12-19-16(2)21-23(7)14-10-13-22(5,6)24(23,20(15)19)17(3)18(4)25(21)8;2*1-2/h9-13,16-18,21H,14H2,1-8H3;2*1-2H3/t16?,17?,18?,21-,23?,24+;;/m1../s1. The van der Waals surface area contributed by atoms with Gasteiger partial charge in [-0.05, 0) is 66.7 Å². The molecular formula is C28H47N. The summed E-state index contributed by atoms with van der Waals surface area (Å²) in [6, 6.07) is 8.24. The van der Waals surface area contributed by atoms with E-state index >= 15 is 0 Å². The molecule has 1 aromatic carbocycles. The molecule has 29 heavy (non-hydrogen) atoms. The van der Waals surface area contributed by atoms with Crippen LogP contribution in [-0.2, 0) is 5.41 Å². The lowest BCUT2D eigenvalue weighted by Gasteiger charge is -2.74. The first kappa shape index (κ1) is 24.2. The Bertz CT molecular complexity index is 745. The maximum Gasteiger partial charge on any atom is 0.0227 e. The highest BCUT2D eigenvalue weighted by Crippen LogP contribution is 2.72. The van der Waals surface area contributed by atoms with E-state index in [0.717, 1.165) is 0 Å². The van der Waals surface area contributed by atoms with Gasteiger partial charge < -0.3 is 0 Å². The Kier molecular flexibility index (Phi) is 6.85. The van der Waals surface area contributed by atoms with E-state index in [1.54, 1.807) is 11.1 Å². The number of nitrogens with zero attached hydrogens (tertiary/aromatic N) is 1. The van der Waals surface area contributed by atoms with Gasteiger partial charge in [0.1, 0.15) is 0 Å². The minimum absolute atomic E-state index is 0.161. The minimum atomic E-state index is 0.161. The average molecular weight is 398 g/mol. The molecule has 0 saturated carbocycles. The summed E-state index contributed by atoms with van der Waals surface area (Å²) in [5.74, 6) is 1.20. The number of likely N-dealkylation sites (tertiary alicyclic amines) is 1. The average Bonchev–Trinajstić information content (AvgIpc) is 2.69. The summed E-state index contributed by atoms with van der Waals surface area (Å²) in [5, 5.41) is 0. The van der Waals surface area contributed by atoms with Gasteiger partial charge in [0, 0.05) is 17.5 Å². The third-order valence-electron chi connectivity index (χ3n) is 8.80. The Morgan fingerprint density at radius 3 is 2.14 bits per heavy atom. The number of likely N-dealkylation sites (N-methyl/N-ethyl adjacent to an activating group) is 1. The van der Waals surface area contributed by atoms with Crippen LogP contribution in [0.4, 0.5) is 0 Å². The predicted molar refractivity (Wildman–Crippen MR) is 130 cm³/mol. The highest BCUT2D eigenvalue weighted by atomic mass is 15.2. The lowest BCUT2D eigenvalue weighted by Crippen LogP contribution is -2.76. The molecule has 1 nitrogen and oxygen atoms in total. The van der Waals surface area contributed by atoms with Gasteiger partial charge in [-0.15, -0.1) is 0 Å². The van der Waals surface area contributed by atoms with E-state index in [-0.39, 0.29) is 16.2 Å². The minimum Gasteiger partial charge on any atom is -0.299 e. The molecule has 6 atom stereocenters. The first-order valence-electron chi connectivity index (χ1n) is 12.1. The molecule has 0 spiro atoms. The van der Waals surface area contributed by atoms with Crippen molar-refractivity contribution in [2.24, 2.45) is 16.7 Å². The zero-order valence-corrected chi connectivity index (χ0v) is 21.4. The van der Waals surface area contributed by atoms with E-state index in [0.29, 0.717) is 23.9 Å². The van der Waals surface area contributed by atoms with Gasteiger partial charge in [0.15, 0.2) is 0 Å². The van der Waals surface area contributed by atoms with Crippen LogP contribution in [0.5, 0.6) is 0 Å².